The number of benzene rings is 1. The summed E-state index contributed by atoms with van der Waals surface area (Å²) >= 11 is 0. The molecule has 2 bridgehead atoms. The van der Waals surface area contributed by atoms with Crippen LogP contribution in [0.2, 0.25) is 0 Å². The van der Waals surface area contributed by atoms with E-state index in [2.05, 4.69) is 55.8 Å². The van der Waals surface area contributed by atoms with Crippen LogP contribution in [-0.4, -0.2) is 47.6 Å². The van der Waals surface area contributed by atoms with Gasteiger partial charge in [0.2, 0.25) is 5.88 Å². The minimum atomic E-state index is 0.473. The second-order valence-electron chi connectivity index (χ2n) is 9.54. The number of rotatable bonds is 8. The number of hydrogen-bond donors (Lipinski definition) is 2. The van der Waals surface area contributed by atoms with Crippen LogP contribution < -0.4 is 15.4 Å². The van der Waals surface area contributed by atoms with E-state index in [1.54, 1.807) is 0 Å². The summed E-state index contributed by atoms with van der Waals surface area (Å²) in [5.41, 5.74) is 2.58. The summed E-state index contributed by atoms with van der Waals surface area (Å²) in [6, 6.07) is 16.7. The van der Waals surface area contributed by atoms with E-state index in [4.69, 9.17) is 4.74 Å². The smallest absolute Gasteiger partial charge is 0.213 e. The van der Waals surface area contributed by atoms with Gasteiger partial charge in [-0.05, 0) is 61.6 Å². The highest BCUT2D eigenvalue weighted by molar-refractivity contribution is 5.80. The average molecular weight is 434 g/mol. The largest absolute Gasteiger partial charge is 0.477 e. The molecule has 0 spiro atoms. The molecule has 0 amide bonds. The number of ether oxygens (including phenoxy) is 1. The normalized spacial score (nSPS) is 25.5. The molecule has 32 heavy (non-hydrogen) atoms. The lowest BCUT2D eigenvalue weighted by molar-refractivity contribution is 0.114. The molecule has 3 fully saturated rings. The first-order valence-electron chi connectivity index (χ1n) is 12.1. The number of guanidine groups is 1. The minimum Gasteiger partial charge on any atom is -0.477 e. The maximum atomic E-state index is 5.82. The Balaban J connectivity index is 1.11. The molecular formula is C26H35N5O. The molecule has 3 heterocycles. The number of aliphatic imine (C=N–C) groups is 1. The van der Waals surface area contributed by atoms with Crippen LogP contribution in [0.5, 0.6) is 5.88 Å². The molecule has 2 N–H and O–H groups in total. The van der Waals surface area contributed by atoms with Crippen molar-refractivity contribution in [1.29, 1.82) is 0 Å². The molecule has 2 atom stereocenters. The van der Waals surface area contributed by atoms with E-state index in [0.717, 1.165) is 36.5 Å². The van der Waals surface area contributed by atoms with Crippen molar-refractivity contribution in [2.45, 2.75) is 69.7 Å². The SMILES string of the molecule is CN=C(NCc1ccnc(OCC2CC2)c1)NC1CC2CCC(C1)N2Cc1ccccc1. The van der Waals surface area contributed by atoms with Crippen molar-refractivity contribution in [1.82, 2.24) is 20.5 Å². The molecule has 2 saturated heterocycles. The summed E-state index contributed by atoms with van der Waals surface area (Å²) in [7, 11) is 1.85. The van der Waals surface area contributed by atoms with E-state index in [1.165, 1.54) is 44.1 Å². The van der Waals surface area contributed by atoms with Crippen LogP contribution in [0, 0.1) is 5.92 Å². The van der Waals surface area contributed by atoms with E-state index in [-0.39, 0.29) is 0 Å². The standard InChI is InChI=1S/C26H35N5O/c1-27-26(29-16-21-11-12-28-25(13-21)32-18-20-7-8-20)30-22-14-23-9-10-24(15-22)31(23)17-19-5-3-2-4-6-19/h2-6,11-13,20,22-24H,7-10,14-18H2,1H3,(H2,27,29,30). The highest BCUT2D eigenvalue weighted by atomic mass is 16.5. The molecule has 0 radical (unpaired) electrons. The van der Waals surface area contributed by atoms with Gasteiger partial charge in [0, 0.05) is 50.5 Å². The van der Waals surface area contributed by atoms with Gasteiger partial charge in [0.15, 0.2) is 5.96 Å². The second-order valence-corrected chi connectivity index (χ2v) is 9.54. The molecule has 1 aromatic heterocycles. The maximum Gasteiger partial charge on any atom is 0.213 e. The third-order valence-corrected chi connectivity index (χ3v) is 7.08. The van der Waals surface area contributed by atoms with Crippen molar-refractivity contribution in [3.63, 3.8) is 0 Å². The number of aromatic nitrogens is 1. The molecule has 6 nitrogen and oxygen atoms in total. The summed E-state index contributed by atoms with van der Waals surface area (Å²) in [6.45, 7) is 2.57. The van der Waals surface area contributed by atoms with Crippen LogP contribution in [0.4, 0.5) is 0 Å². The second kappa shape index (κ2) is 9.90. The minimum absolute atomic E-state index is 0.473. The Morgan fingerprint density at radius 1 is 1.06 bits per heavy atom. The Hall–Kier alpha value is -2.60. The highest BCUT2D eigenvalue weighted by Crippen LogP contribution is 2.36. The van der Waals surface area contributed by atoms with Crippen molar-refractivity contribution in [2.75, 3.05) is 13.7 Å². The Kier molecular flexibility index (Phi) is 6.58. The van der Waals surface area contributed by atoms with E-state index in [0.29, 0.717) is 24.7 Å². The molecule has 2 aliphatic heterocycles. The molecule has 5 rings (SSSR count). The van der Waals surface area contributed by atoms with E-state index in [1.807, 2.05) is 25.4 Å². The maximum absolute atomic E-state index is 5.82. The first-order valence-corrected chi connectivity index (χ1v) is 12.1. The van der Waals surface area contributed by atoms with Crippen molar-refractivity contribution in [2.24, 2.45) is 10.9 Å². The monoisotopic (exact) mass is 433 g/mol. The van der Waals surface area contributed by atoms with E-state index in [9.17, 15) is 0 Å². The Morgan fingerprint density at radius 2 is 1.84 bits per heavy atom. The van der Waals surface area contributed by atoms with Crippen molar-refractivity contribution in [3.05, 3.63) is 59.8 Å². The fourth-order valence-electron chi connectivity index (χ4n) is 5.15. The molecule has 1 aromatic carbocycles. The third kappa shape index (κ3) is 5.41. The number of pyridine rings is 1. The van der Waals surface area contributed by atoms with Crippen LogP contribution in [0.3, 0.4) is 0 Å². The summed E-state index contributed by atoms with van der Waals surface area (Å²) in [5.74, 6) is 2.33. The number of piperidine rings is 1. The first kappa shape index (κ1) is 21.3. The molecule has 6 heteroatoms. The summed E-state index contributed by atoms with van der Waals surface area (Å²) in [4.78, 5) is 11.5. The zero-order valence-corrected chi connectivity index (χ0v) is 19.0. The van der Waals surface area contributed by atoms with Gasteiger partial charge in [0.05, 0.1) is 6.61 Å². The van der Waals surface area contributed by atoms with Crippen LogP contribution in [0.25, 0.3) is 0 Å². The molecule has 170 valence electrons. The van der Waals surface area contributed by atoms with Gasteiger partial charge >= 0.3 is 0 Å². The van der Waals surface area contributed by atoms with E-state index < -0.39 is 0 Å². The number of nitrogens with one attached hydrogen (secondary N) is 2. The van der Waals surface area contributed by atoms with Gasteiger partial charge in [-0.1, -0.05) is 30.3 Å². The molecule has 1 aliphatic carbocycles. The molecule has 3 aliphatic rings. The number of nitrogens with zero attached hydrogens (tertiary/aromatic N) is 3. The van der Waals surface area contributed by atoms with Gasteiger partial charge in [0.1, 0.15) is 0 Å². The van der Waals surface area contributed by atoms with Gasteiger partial charge in [0.25, 0.3) is 0 Å². The first-order chi connectivity index (χ1) is 15.8. The number of fused-ring (bicyclic) bond motifs is 2. The molecule has 2 aromatic rings. The molecule has 1 saturated carbocycles. The van der Waals surface area contributed by atoms with Crippen molar-refractivity contribution < 1.29 is 4.74 Å². The van der Waals surface area contributed by atoms with Crippen molar-refractivity contribution >= 4 is 5.96 Å². The fourth-order valence-corrected chi connectivity index (χ4v) is 5.15. The Labute approximate surface area is 191 Å². The summed E-state index contributed by atoms with van der Waals surface area (Å²) in [6.07, 6.45) is 9.38. The Morgan fingerprint density at radius 3 is 2.56 bits per heavy atom. The quantitative estimate of drug-likeness (QED) is 0.491. The average Bonchev–Trinajstić information content (AvgIpc) is 3.62. The molecular weight excluding hydrogens is 398 g/mol. The van der Waals surface area contributed by atoms with Gasteiger partial charge < -0.3 is 15.4 Å². The van der Waals surface area contributed by atoms with E-state index >= 15 is 0 Å². The Bertz CT molecular complexity index is 899. The van der Waals surface area contributed by atoms with Crippen LogP contribution >= 0.6 is 0 Å². The van der Waals surface area contributed by atoms with Gasteiger partial charge in [-0.2, -0.15) is 0 Å². The summed E-state index contributed by atoms with van der Waals surface area (Å²) in [5, 5.41) is 7.17. The predicted octanol–water partition coefficient (Wildman–Crippen LogP) is 3.73. The lowest BCUT2D eigenvalue weighted by Crippen LogP contribution is -2.52. The zero-order valence-electron chi connectivity index (χ0n) is 19.0. The third-order valence-electron chi connectivity index (χ3n) is 7.08. The zero-order chi connectivity index (χ0) is 21.8. The fraction of sp³-hybridized carbons (Fsp3) is 0.538. The van der Waals surface area contributed by atoms with Gasteiger partial charge in [-0.15, -0.1) is 0 Å². The highest BCUT2D eigenvalue weighted by Gasteiger charge is 2.40. The van der Waals surface area contributed by atoms with Gasteiger partial charge in [-0.25, -0.2) is 4.98 Å². The van der Waals surface area contributed by atoms with Crippen LogP contribution in [0.15, 0.2) is 53.7 Å². The lowest BCUT2D eigenvalue weighted by Gasteiger charge is -2.39. The molecule has 2 unspecified atom stereocenters. The summed E-state index contributed by atoms with van der Waals surface area (Å²) < 4.78 is 5.82. The van der Waals surface area contributed by atoms with Gasteiger partial charge in [-0.3, -0.25) is 9.89 Å². The van der Waals surface area contributed by atoms with Crippen molar-refractivity contribution in [3.8, 4) is 5.88 Å². The predicted molar refractivity (Wildman–Crippen MR) is 128 cm³/mol. The van der Waals surface area contributed by atoms with Crippen LogP contribution in [-0.2, 0) is 13.1 Å². The number of hydrogen-bond acceptors (Lipinski definition) is 4. The lowest BCUT2D eigenvalue weighted by atomic mass is 9.96. The topological polar surface area (TPSA) is 61.8 Å². The van der Waals surface area contributed by atoms with Crippen LogP contribution in [0.1, 0.15) is 49.7 Å².